The summed E-state index contributed by atoms with van der Waals surface area (Å²) >= 11 is 1.21. The normalized spacial score (nSPS) is 17.2. The van der Waals surface area contributed by atoms with Crippen molar-refractivity contribution in [3.63, 3.8) is 0 Å². The van der Waals surface area contributed by atoms with Gasteiger partial charge in [-0.2, -0.15) is 13.2 Å². The second kappa shape index (κ2) is 10.4. The van der Waals surface area contributed by atoms with Crippen LogP contribution in [0.25, 0.3) is 0 Å². The number of fused-ring (bicyclic) bond motifs is 2. The molecule has 1 fully saturated rings. The molecule has 0 radical (unpaired) electrons. The largest absolute Gasteiger partial charge is 0.497 e. The van der Waals surface area contributed by atoms with Crippen LogP contribution in [-0.2, 0) is 26.6 Å². The summed E-state index contributed by atoms with van der Waals surface area (Å²) in [4.78, 5) is 26.1. The van der Waals surface area contributed by atoms with E-state index in [1.54, 1.807) is 29.2 Å². The highest BCUT2D eigenvalue weighted by atomic mass is 32.2. The van der Waals surface area contributed by atoms with E-state index in [2.05, 4.69) is 20.2 Å². The van der Waals surface area contributed by atoms with Crippen molar-refractivity contribution >= 4 is 43.0 Å². The van der Waals surface area contributed by atoms with E-state index in [1.165, 1.54) is 24.6 Å². The maximum absolute atomic E-state index is 14.2. The van der Waals surface area contributed by atoms with Gasteiger partial charge in [0.2, 0.25) is 31.2 Å². The number of ether oxygens (including phenoxy) is 1. The number of hydrogen-bond donors (Lipinski definition) is 2. The molecule has 0 atom stereocenters. The molecule has 40 heavy (non-hydrogen) atoms. The molecule has 2 aromatic heterocycles. The number of methoxy groups -OCH3 is 1. The highest BCUT2D eigenvalue weighted by Gasteiger charge is 2.51. The minimum atomic E-state index is -4.58. The third-order valence-electron chi connectivity index (χ3n) is 6.88. The number of carbonyl (C=O) groups is 1. The zero-order chi connectivity index (χ0) is 28.7. The van der Waals surface area contributed by atoms with E-state index in [-0.39, 0.29) is 31.0 Å². The molecule has 4 heterocycles. The van der Waals surface area contributed by atoms with Crippen LogP contribution in [0.3, 0.4) is 0 Å². The summed E-state index contributed by atoms with van der Waals surface area (Å²) in [6.45, 7) is -0.626. The lowest BCUT2D eigenvalue weighted by Gasteiger charge is -2.46. The van der Waals surface area contributed by atoms with Crippen LogP contribution >= 0.6 is 11.3 Å². The monoisotopic (exact) mass is 598 g/mol. The topological polar surface area (TPSA) is 157 Å². The van der Waals surface area contributed by atoms with E-state index in [4.69, 9.17) is 10.5 Å². The Labute approximate surface area is 231 Å². The number of sulfone groups is 1. The molecule has 0 saturated carbocycles. The fourth-order valence-electron chi connectivity index (χ4n) is 4.92. The second-order valence-electron chi connectivity index (χ2n) is 9.41. The second-order valence-corrected chi connectivity index (χ2v) is 12.3. The lowest BCUT2D eigenvalue weighted by Crippen LogP contribution is -2.57. The van der Waals surface area contributed by atoms with Crippen molar-refractivity contribution in [2.75, 3.05) is 48.2 Å². The molecule has 12 nitrogen and oxygen atoms in total. The summed E-state index contributed by atoms with van der Waals surface area (Å²) in [5, 5.41) is 10.1. The average molecular weight is 599 g/mol. The molecule has 2 aliphatic heterocycles. The smallest absolute Gasteiger partial charge is 0.401 e. The maximum atomic E-state index is 14.2. The molecular formula is C23H25F3N8O4S2. The number of nitrogens with one attached hydrogen (secondary N) is 1. The first-order chi connectivity index (χ1) is 18.9. The van der Waals surface area contributed by atoms with Gasteiger partial charge in [0.05, 0.1) is 31.3 Å². The standard InChI is InChI=1S/C23H25F3N8O4S2/c1-38-16-4-2-15(3-5-16)34-11-14-10-29-20(40(36,37)13-28-12-23(24,25)26)30-17(14)22(18(34)35)6-8-33(9-7-22)21-32-31-19(27)39-21/h2-5,10,28H,6-9,11-13H2,1H3,(H2,27,31). The highest BCUT2D eigenvalue weighted by molar-refractivity contribution is 7.91. The summed E-state index contributed by atoms with van der Waals surface area (Å²) in [5.41, 5.74) is 5.96. The number of piperidine rings is 1. The Kier molecular flexibility index (Phi) is 7.30. The van der Waals surface area contributed by atoms with Crippen molar-refractivity contribution in [3.05, 3.63) is 41.7 Å². The number of benzene rings is 1. The lowest BCUT2D eigenvalue weighted by atomic mass is 9.71. The molecule has 1 spiro atoms. The number of aromatic nitrogens is 4. The van der Waals surface area contributed by atoms with E-state index in [9.17, 15) is 26.4 Å². The SMILES string of the molecule is COc1ccc(N2Cc3cnc(S(=O)(=O)CNCC(F)(F)F)nc3C3(CCN(c4nnc(N)s4)CC3)C2=O)cc1. The fourth-order valence-corrected chi connectivity index (χ4v) is 6.52. The van der Waals surface area contributed by atoms with Gasteiger partial charge in [0.15, 0.2) is 0 Å². The van der Waals surface area contributed by atoms with Gasteiger partial charge in [-0.1, -0.05) is 11.3 Å². The third-order valence-corrected chi connectivity index (χ3v) is 9.03. The van der Waals surface area contributed by atoms with Gasteiger partial charge in [-0.05, 0) is 37.1 Å². The quantitative estimate of drug-likeness (QED) is 0.383. The van der Waals surface area contributed by atoms with Crippen LogP contribution < -0.4 is 25.6 Å². The molecule has 0 unspecified atom stereocenters. The van der Waals surface area contributed by atoms with E-state index >= 15 is 0 Å². The van der Waals surface area contributed by atoms with E-state index in [1.807, 2.05) is 10.2 Å². The van der Waals surface area contributed by atoms with Gasteiger partial charge >= 0.3 is 6.18 Å². The van der Waals surface area contributed by atoms with Gasteiger partial charge in [-0.3, -0.25) is 10.1 Å². The minimum Gasteiger partial charge on any atom is -0.497 e. The number of nitrogens with zero attached hydrogens (tertiary/aromatic N) is 6. The number of amides is 1. The Hall–Kier alpha value is -3.57. The molecule has 1 saturated heterocycles. The molecule has 1 aromatic carbocycles. The van der Waals surface area contributed by atoms with Crippen molar-refractivity contribution in [2.45, 2.75) is 36.1 Å². The summed E-state index contributed by atoms with van der Waals surface area (Å²) < 4.78 is 68.6. The Morgan fingerprint density at radius 1 is 1.18 bits per heavy atom. The first-order valence-electron chi connectivity index (χ1n) is 12.1. The van der Waals surface area contributed by atoms with E-state index in [0.717, 1.165) is 0 Å². The number of alkyl halides is 3. The van der Waals surface area contributed by atoms with Crippen molar-refractivity contribution in [1.29, 1.82) is 0 Å². The molecule has 1 amide bonds. The van der Waals surface area contributed by atoms with Crippen molar-refractivity contribution in [3.8, 4) is 5.75 Å². The van der Waals surface area contributed by atoms with Gasteiger partial charge in [0.25, 0.3) is 0 Å². The summed E-state index contributed by atoms with van der Waals surface area (Å²) in [5.74, 6) is -0.652. The first-order valence-corrected chi connectivity index (χ1v) is 14.6. The zero-order valence-electron chi connectivity index (χ0n) is 21.2. The molecule has 214 valence electrons. The Morgan fingerprint density at radius 3 is 2.48 bits per heavy atom. The molecule has 0 aliphatic carbocycles. The van der Waals surface area contributed by atoms with Crippen LogP contribution in [0.5, 0.6) is 5.75 Å². The van der Waals surface area contributed by atoms with Crippen LogP contribution in [-0.4, -0.2) is 73.3 Å². The van der Waals surface area contributed by atoms with E-state index in [0.29, 0.717) is 40.4 Å². The molecule has 0 bridgehead atoms. The molecule has 3 aromatic rings. The predicted octanol–water partition coefficient (Wildman–Crippen LogP) is 1.89. The number of nitrogen functional groups attached to an aromatic ring is 1. The minimum absolute atomic E-state index is 0.0888. The number of carbonyl (C=O) groups excluding carboxylic acids is 1. The van der Waals surface area contributed by atoms with Crippen molar-refractivity contribution in [1.82, 2.24) is 25.5 Å². The lowest BCUT2D eigenvalue weighted by molar-refractivity contribution is -0.126. The maximum Gasteiger partial charge on any atom is 0.401 e. The van der Waals surface area contributed by atoms with Gasteiger partial charge in [0, 0.05) is 30.5 Å². The highest BCUT2D eigenvalue weighted by Crippen LogP contribution is 2.44. The van der Waals surface area contributed by atoms with Crippen LogP contribution in [0.2, 0.25) is 0 Å². The number of hydrogen-bond acceptors (Lipinski definition) is 12. The van der Waals surface area contributed by atoms with Crippen LogP contribution in [0.1, 0.15) is 24.1 Å². The van der Waals surface area contributed by atoms with Crippen LogP contribution in [0.4, 0.5) is 29.1 Å². The fraction of sp³-hybridized carbons (Fsp3) is 0.435. The first kappa shape index (κ1) is 28.0. The van der Waals surface area contributed by atoms with Crippen molar-refractivity contribution < 1.29 is 31.1 Å². The Bertz CT molecular complexity index is 1510. The van der Waals surface area contributed by atoms with Crippen molar-refractivity contribution in [2.24, 2.45) is 0 Å². The van der Waals surface area contributed by atoms with Gasteiger partial charge < -0.3 is 20.3 Å². The number of anilines is 3. The Balaban J connectivity index is 1.51. The van der Waals surface area contributed by atoms with Gasteiger partial charge in [-0.25, -0.2) is 18.4 Å². The van der Waals surface area contributed by atoms with Gasteiger partial charge in [0.1, 0.15) is 11.6 Å². The molecule has 17 heteroatoms. The molecule has 2 aliphatic rings. The average Bonchev–Trinajstić information content (AvgIpc) is 3.36. The third kappa shape index (κ3) is 5.40. The summed E-state index contributed by atoms with van der Waals surface area (Å²) in [6.07, 6.45) is -2.71. The summed E-state index contributed by atoms with van der Waals surface area (Å²) in [6, 6.07) is 6.96. The summed E-state index contributed by atoms with van der Waals surface area (Å²) in [7, 11) is -2.79. The van der Waals surface area contributed by atoms with Crippen LogP contribution in [0, 0.1) is 0 Å². The van der Waals surface area contributed by atoms with E-state index < -0.39 is 39.0 Å². The molecular weight excluding hydrogens is 573 g/mol. The van der Waals surface area contributed by atoms with Gasteiger partial charge in [-0.15, -0.1) is 10.2 Å². The number of nitrogens with two attached hydrogens (primary N) is 1. The number of halogens is 3. The number of rotatable bonds is 7. The molecule has 5 rings (SSSR count). The Morgan fingerprint density at radius 2 is 1.88 bits per heavy atom. The van der Waals surface area contributed by atoms with Crippen LogP contribution in [0.15, 0.2) is 35.6 Å². The molecule has 3 N–H and O–H groups in total. The predicted molar refractivity (Wildman–Crippen MR) is 140 cm³/mol. The zero-order valence-corrected chi connectivity index (χ0v) is 22.8.